The maximum Gasteiger partial charge on any atom is 0.306 e. The zero-order valence-electron chi connectivity index (χ0n) is 10.5. The summed E-state index contributed by atoms with van der Waals surface area (Å²) in [5.41, 5.74) is -0.242. The Morgan fingerprint density at radius 3 is 2.90 bits per heavy atom. The zero-order valence-corrected chi connectivity index (χ0v) is 12.1. The third kappa shape index (κ3) is 2.80. The van der Waals surface area contributed by atoms with Crippen LogP contribution in [0.5, 0.6) is 0 Å². The number of aldehydes is 1. The lowest BCUT2D eigenvalue weighted by molar-refractivity contribution is -0.387. The smallest absolute Gasteiger partial charge is 0.306 e. The molecule has 1 aromatic rings. The fraction of sp³-hybridized carbons (Fsp3) is 0.417. The first-order valence-corrected chi connectivity index (χ1v) is 6.81. The number of nitrogens with zero attached hydrogens (tertiary/aromatic N) is 2. The third-order valence-electron chi connectivity index (χ3n) is 3.08. The van der Waals surface area contributed by atoms with Crippen molar-refractivity contribution >= 4 is 33.6 Å². The minimum absolute atomic E-state index is 0.0189. The Labute approximate surface area is 122 Å². The van der Waals surface area contributed by atoms with Crippen LogP contribution in [0.1, 0.15) is 6.92 Å². The molecule has 0 aromatic heterocycles. The maximum atomic E-state index is 13.3. The van der Waals surface area contributed by atoms with Gasteiger partial charge in [0.2, 0.25) is 5.82 Å². The number of benzene rings is 1. The minimum atomic E-state index is -0.910. The Morgan fingerprint density at radius 2 is 2.35 bits per heavy atom. The van der Waals surface area contributed by atoms with E-state index in [1.165, 1.54) is 6.07 Å². The molecule has 0 N–H and O–H groups in total. The number of hydrogen-bond donors (Lipinski definition) is 0. The van der Waals surface area contributed by atoms with Gasteiger partial charge in [-0.15, -0.1) is 0 Å². The minimum Gasteiger partial charge on any atom is -0.345 e. The number of carbonyl (C=O) groups is 1. The Bertz CT molecular complexity index is 540. The highest BCUT2D eigenvalue weighted by Crippen LogP contribution is 2.30. The number of ether oxygens (including phenoxy) is 1. The average molecular weight is 347 g/mol. The third-order valence-corrected chi connectivity index (χ3v) is 3.67. The van der Waals surface area contributed by atoms with Crippen molar-refractivity contribution in [1.29, 1.82) is 0 Å². The van der Waals surface area contributed by atoms with Gasteiger partial charge in [0.1, 0.15) is 0 Å². The molecule has 1 aromatic carbocycles. The fourth-order valence-electron chi connectivity index (χ4n) is 2.02. The number of nitro groups is 1. The standard InChI is InChI=1S/C12H12BrFN2O4/c1-7(13)11-5-15(12(6-17)20-11)8-2-3-9(14)10(4-8)16(18)19/h2-4,6-7,11-12H,5H2,1H3. The highest BCUT2D eigenvalue weighted by atomic mass is 79.9. The number of anilines is 1. The summed E-state index contributed by atoms with van der Waals surface area (Å²) < 4.78 is 18.8. The molecule has 0 spiro atoms. The van der Waals surface area contributed by atoms with Crippen molar-refractivity contribution < 1.29 is 18.8 Å². The summed E-state index contributed by atoms with van der Waals surface area (Å²) in [6, 6.07) is 3.51. The number of hydrogen-bond acceptors (Lipinski definition) is 5. The summed E-state index contributed by atoms with van der Waals surface area (Å²) in [6.45, 7) is 2.27. The second-order valence-corrected chi connectivity index (χ2v) is 5.87. The maximum absolute atomic E-state index is 13.3. The van der Waals surface area contributed by atoms with Gasteiger partial charge in [0, 0.05) is 23.1 Å². The van der Waals surface area contributed by atoms with Crippen molar-refractivity contribution in [2.24, 2.45) is 0 Å². The van der Waals surface area contributed by atoms with Gasteiger partial charge in [-0.05, 0) is 12.1 Å². The van der Waals surface area contributed by atoms with Crippen LogP contribution in [-0.2, 0) is 9.53 Å². The first-order valence-electron chi connectivity index (χ1n) is 5.89. The monoisotopic (exact) mass is 346 g/mol. The van der Waals surface area contributed by atoms with Gasteiger partial charge in [-0.25, -0.2) is 0 Å². The molecule has 2 rings (SSSR count). The summed E-state index contributed by atoms with van der Waals surface area (Å²) in [7, 11) is 0. The number of halogens is 2. The quantitative estimate of drug-likeness (QED) is 0.362. The zero-order chi connectivity index (χ0) is 14.9. The van der Waals surface area contributed by atoms with Gasteiger partial charge in [-0.1, -0.05) is 22.9 Å². The Hall–Kier alpha value is -1.54. The van der Waals surface area contributed by atoms with Crippen LogP contribution in [0.25, 0.3) is 0 Å². The molecule has 1 fully saturated rings. The lowest BCUT2D eigenvalue weighted by Gasteiger charge is -2.20. The predicted molar refractivity (Wildman–Crippen MR) is 73.5 cm³/mol. The number of alkyl halides is 1. The van der Waals surface area contributed by atoms with Crippen molar-refractivity contribution in [3.8, 4) is 0 Å². The molecule has 6 nitrogen and oxygen atoms in total. The predicted octanol–water partition coefficient (Wildman–Crippen LogP) is 2.25. The van der Waals surface area contributed by atoms with E-state index in [0.29, 0.717) is 18.5 Å². The van der Waals surface area contributed by atoms with Crippen LogP contribution in [0.2, 0.25) is 0 Å². The molecule has 3 unspecified atom stereocenters. The molecular formula is C12H12BrFN2O4. The topological polar surface area (TPSA) is 72.7 Å². The van der Waals surface area contributed by atoms with Gasteiger partial charge >= 0.3 is 5.69 Å². The lowest BCUT2D eigenvalue weighted by atomic mass is 10.2. The SMILES string of the molecule is CC(Br)C1CN(c2ccc(F)c([N+](=O)[O-])c2)C(C=O)O1. The van der Waals surface area contributed by atoms with Crippen LogP contribution in [0.15, 0.2) is 18.2 Å². The van der Waals surface area contributed by atoms with Gasteiger partial charge in [-0.3, -0.25) is 14.9 Å². The van der Waals surface area contributed by atoms with Crippen molar-refractivity contribution in [3.63, 3.8) is 0 Å². The number of nitro benzene ring substituents is 1. The average Bonchev–Trinajstić information content (AvgIpc) is 2.83. The summed E-state index contributed by atoms with van der Waals surface area (Å²) >= 11 is 3.37. The Morgan fingerprint density at radius 1 is 1.65 bits per heavy atom. The van der Waals surface area contributed by atoms with E-state index in [1.807, 2.05) is 6.92 Å². The molecule has 1 aliphatic rings. The van der Waals surface area contributed by atoms with Crippen LogP contribution in [-0.4, -0.2) is 34.9 Å². The molecule has 3 atom stereocenters. The molecule has 1 aliphatic heterocycles. The van der Waals surface area contributed by atoms with Gasteiger partial charge in [0.25, 0.3) is 0 Å². The van der Waals surface area contributed by atoms with Crippen molar-refractivity contribution in [3.05, 3.63) is 34.1 Å². The molecule has 8 heteroatoms. The van der Waals surface area contributed by atoms with E-state index in [4.69, 9.17) is 4.74 Å². The summed E-state index contributed by atoms with van der Waals surface area (Å²) in [5, 5.41) is 10.8. The molecule has 0 saturated carbocycles. The molecule has 20 heavy (non-hydrogen) atoms. The van der Waals surface area contributed by atoms with E-state index in [1.54, 1.807) is 4.90 Å². The summed E-state index contributed by atoms with van der Waals surface area (Å²) in [6.07, 6.45) is -0.440. The Kier molecular flexibility index (Phi) is 4.34. The molecule has 1 saturated heterocycles. The lowest BCUT2D eigenvalue weighted by Crippen LogP contribution is -2.31. The normalized spacial score (nSPS) is 23.6. The van der Waals surface area contributed by atoms with Crippen molar-refractivity contribution in [2.45, 2.75) is 24.1 Å². The van der Waals surface area contributed by atoms with Crippen LogP contribution in [0.3, 0.4) is 0 Å². The van der Waals surface area contributed by atoms with Crippen LogP contribution >= 0.6 is 15.9 Å². The van der Waals surface area contributed by atoms with Gasteiger partial charge in [0.15, 0.2) is 12.5 Å². The molecular weight excluding hydrogens is 335 g/mol. The van der Waals surface area contributed by atoms with Crippen LogP contribution in [0.4, 0.5) is 15.8 Å². The van der Waals surface area contributed by atoms with E-state index < -0.39 is 22.7 Å². The second-order valence-electron chi connectivity index (χ2n) is 4.42. The molecule has 0 aliphatic carbocycles. The number of rotatable bonds is 4. The molecule has 0 radical (unpaired) electrons. The first-order chi connectivity index (χ1) is 9.43. The molecule has 108 valence electrons. The highest BCUT2D eigenvalue weighted by Gasteiger charge is 2.35. The van der Waals surface area contributed by atoms with E-state index in [-0.39, 0.29) is 10.9 Å². The Balaban J connectivity index is 2.33. The second kappa shape index (κ2) is 5.84. The van der Waals surface area contributed by atoms with E-state index in [9.17, 15) is 19.3 Å². The first kappa shape index (κ1) is 14.9. The molecule has 1 heterocycles. The van der Waals surface area contributed by atoms with Crippen molar-refractivity contribution in [2.75, 3.05) is 11.4 Å². The van der Waals surface area contributed by atoms with Crippen LogP contribution < -0.4 is 4.90 Å². The van der Waals surface area contributed by atoms with Gasteiger partial charge in [0.05, 0.1) is 11.0 Å². The summed E-state index contributed by atoms with van der Waals surface area (Å²) in [5.74, 6) is -0.910. The highest BCUT2D eigenvalue weighted by molar-refractivity contribution is 9.09. The fourth-order valence-corrected chi connectivity index (χ4v) is 2.32. The van der Waals surface area contributed by atoms with Gasteiger partial charge < -0.3 is 9.64 Å². The van der Waals surface area contributed by atoms with E-state index in [0.717, 1.165) is 12.1 Å². The largest absolute Gasteiger partial charge is 0.345 e. The van der Waals surface area contributed by atoms with E-state index in [2.05, 4.69) is 15.9 Å². The van der Waals surface area contributed by atoms with Gasteiger partial charge in [-0.2, -0.15) is 4.39 Å². The molecule has 0 amide bonds. The summed E-state index contributed by atoms with van der Waals surface area (Å²) in [4.78, 5) is 22.6. The van der Waals surface area contributed by atoms with Crippen LogP contribution in [0, 0.1) is 15.9 Å². The number of carbonyl (C=O) groups excluding carboxylic acids is 1. The van der Waals surface area contributed by atoms with E-state index >= 15 is 0 Å². The van der Waals surface area contributed by atoms with Crippen molar-refractivity contribution in [1.82, 2.24) is 0 Å². The molecule has 0 bridgehead atoms.